The van der Waals surface area contributed by atoms with Crippen LogP contribution in [0.2, 0.25) is 0 Å². The van der Waals surface area contributed by atoms with E-state index < -0.39 is 0 Å². The fourth-order valence-corrected chi connectivity index (χ4v) is 1.60. The molecule has 0 atom stereocenters. The SMILES string of the molecule is Cc1cc(NC(=O)CCl)n(-c2ccccc2)n1. The third kappa shape index (κ3) is 2.65. The Morgan fingerprint density at radius 2 is 2.12 bits per heavy atom. The van der Waals surface area contributed by atoms with Crippen LogP contribution in [-0.2, 0) is 4.79 Å². The van der Waals surface area contributed by atoms with Gasteiger partial charge in [-0.1, -0.05) is 18.2 Å². The minimum atomic E-state index is -0.247. The van der Waals surface area contributed by atoms with Gasteiger partial charge in [-0.05, 0) is 19.1 Å². The van der Waals surface area contributed by atoms with Crippen LogP contribution >= 0.6 is 11.6 Å². The molecule has 0 fully saturated rings. The summed E-state index contributed by atoms with van der Waals surface area (Å²) in [5.41, 5.74) is 1.73. The first-order valence-electron chi connectivity index (χ1n) is 5.18. The van der Waals surface area contributed by atoms with Gasteiger partial charge in [-0.3, -0.25) is 4.79 Å². The lowest BCUT2D eigenvalue weighted by Gasteiger charge is -2.07. The standard InChI is InChI=1S/C12H12ClN3O/c1-9-7-11(14-12(17)8-13)16(15-9)10-5-3-2-4-6-10/h2-7H,8H2,1H3,(H,14,17). The zero-order chi connectivity index (χ0) is 12.3. The lowest BCUT2D eigenvalue weighted by molar-refractivity contribution is -0.113. The molecule has 0 aliphatic heterocycles. The van der Waals surface area contributed by atoms with Gasteiger partial charge in [0.15, 0.2) is 0 Å². The second-order valence-electron chi connectivity index (χ2n) is 3.60. The van der Waals surface area contributed by atoms with E-state index in [1.54, 1.807) is 10.7 Å². The Bertz CT molecular complexity index is 522. The van der Waals surface area contributed by atoms with Gasteiger partial charge in [0.05, 0.1) is 11.4 Å². The van der Waals surface area contributed by atoms with Crippen LogP contribution in [-0.4, -0.2) is 21.6 Å². The van der Waals surface area contributed by atoms with Gasteiger partial charge in [-0.2, -0.15) is 5.10 Å². The fourth-order valence-electron chi connectivity index (χ4n) is 1.53. The zero-order valence-electron chi connectivity index (χ0n) is 9.35. The monoisotopic (exact) mass is 249 g/mol. The molecule has 5 heteroatoms. The van der Waals surface area contributed by atoms with Crippen LogP contribution in [0, 0.1) is 6.92 Å². The van der Waals surface area contributed by atoms with Crippen molar-refractivity contribution >= 4 is 23.3 Å². The van der Waals surface area contributed by atoms with Crippen molar-refractivity contribution in [2.45, 2.75) is 6.92 Å². The Kier molecular flexibility index (Phi) is 3.44. The number of amides is 1. The number of alkyl halides is 1. The zero-order valence-corrected chi connectivity index (χ0v) is 10.1. The first-order chi connectivity index (χ1) is 8.20. The van der Waals surface area contributed by atoms with E-state index in [2.05, 4.69) is 10.4 Å². The van der Waals surface area contributed by atoms with Crippen LogP contribution in [0.15, 0.2) is 36.4 Å². The molecular weight excluding hydrogens is 238 g/mol. The number of hydrogen-bond acceptors (Lipinski definition) is 2. The largest absolute Gasteiger partial charge is 0.310 e. The maximum absolute atomic E-state index is 11.3. The van der Waals surface area contributed by atoms with Crippen LogP contribution in [0.4, 0.5) is 5.82 Å². The topological polar surface area (TPSA) is 46.9 Å². The van der Waals surface area contributed by atoms with E-state index in [4.69, 9.17) is 11.6 Å². The molecule has 0 spiro atoms. The highest BCUT2D eigenvalue weighted by molar-refractivity contribution is 6.29. The Balaban J connectivity index is 2.37. The van der Waals surface area contributed by atoms with Gasteiger partial charge in [0, 0.05) is 6.07 Å². The molecule has 0 unspecified atom stereocenters. The molecule has 1 aromatic carbocycles. The third-order valence-corrected chi connectivity index (χ3v) is 2.46. The van der Waals surface area contributed by atoms with Crippen LogP contribution in [0.1, 0.15) is 5.69 Å². The fraction of sp³-hybridized carbons (Fsp3) is 0.167. The van der Waals surface area contributed by atoms with Gasteiger partial charge >= 0.3 is 0 Å². The molecule has 0 radical (unpaired) electrons. The number of para-hydroxylation sites is 1. The number of nitrogens with one attached hydrogen (secondary N) is 1. The van der Waals surface area contributed by atoms with Gasteiger partial charge < -0.3 is 5.32 Å². The highest BCUT2D eigenvalue weighted by Gasteiger charge is 2.09. The van der Waals surface area contributed by atoms with Crippen molar-refractivity contribution in [1.29, 1.82) is 0 Å². The van der Waals surface area contributed by atoms with Crippen LogP contribution < -0.4 is 5.32 Å². The average Bonchev–Trinajstić information content (AvgIpc) is 2.71. The lowest BCUT2D eigenvalue weighted by Crippen LogP contribution is -2.15. The van der Waals surface area contributed by atoms with Crippen LogP contribution in [0.5, 0.6) is 0 Å². The summed E-state index contributed by atoms with van der Waals surface area (Å²) >= 11 is 5.47. The minimum absolute atomic E-state index is 0.0704. The molecule has 0 aliphatic carbocycles. The van der Waals surface area contributed by atoms with Crippen LogP contribution in [0.25, 0.3) is 5.69 Å². The van der Waals surface area contributed by atoms with Crippen molar-refractivity contribution < 1.29 is 4.79 Å². The van der Waals surface area contributed by atoms with E-state index in [1.807, 2.05) is 37.3 Å². The Labute approximate surface area is 104 Å². The smallest absolute Gasteiger partial charge is 0.240 e. The number of carbonyl (C=O) groups excluding carboxylic acids is 1. The molecule has 0 bridgehead atoms. The molecule has 0 saturated carbocycles. The van der Waals surface area contributed by atoms with Crippen molar-refractivity contribution in [3.8, 4) is 5.69 Å². The number of benzene rings is 1. The van der Waals surface area contributed by atoms with E-state index in [-0.39, 0.29) is 11.8 Å². The normalized spacial score (nSPS) is 10.2. The summed E-state index contributed by atoms with van der Waals surface area (Å²) in [5, 5.41) is 7.04. The quantitative estimate of drug-likeness (QED) is 0.849. The molecule has 1 amide bonds. The number of anilines is 1. The van der Waals surface area contributed by atoms with Gasteiger partial charge in [0.2, 0.25) is 5.91 Å². The van der Waals surface area contributed by atoms with Gasteiger partial charge in [-0.25, -0.2) is 4.68 Å². The molecule has 1 aromatic heterocycles. The number of aryl methyl sites for hydroxylation is 1. The summed E-state index contributed by atoms with van der Waals surface area (Å²) in [6.45, 7) is 1.87. The summed E-state index contributed by atoms with van der Waals surface area (Å²) in [6, 6.07) is 11.4. The number of hydrogen-bond donors (Lipinski definition) is 1. The summed E-state index contributed by atoms with van der Waals surface area (Å²) in [5.74, 6) is 0.307. The first-order valence-corrected chi connectivity index (χ1v) is 5.72. The molecular formula is C12H12ClN3O. The Hall–Kier alpha value is -1.81. The van der Waals surface area contributed by atoms with E-state index in [1.165, 1.54) is 0 Å². The molecule has 2 aromatic rings. The molecule has 1 heterocycles. The maximum Gasteiger partial charge on any atom is 0.240 e. The number of carbonyl (C=O) groups is 1. The highest BCUT2D eigenvalue weighted by atomic mass is 35.5. The summed E-state index contributed by atoms with van der Waals surface area (Å²) < 4.78 is 1.68. The van der Waals surface area contributed by atoms with E-state index in [9.17, 15) is 4.79 Å². The average molecular weight is 250 g/mol. The summed E-state index contributed by atoms with van der Waals surface area (Å²) in [7, 11) is 0. The Morgan fingerprint density at radius 3 is 2.76 bits per heavy atom. The molecule has 0 aliphatic rings. The van der Waals surface area contributed by atoms with Crippen molar-refractivity contribution in [3.05, 3.63) is 42.1 Å². The van der Waals surface area contributed by atoms with Gasteiger partial charge in [-0.15, -0.1) is 11.6 Å². The van der Waals surface area contributed by atoms with Crippen LogP contribution in [0.3, 0.4) is 0 Å². The lowest BCUT2D eigenvalue weighted by atomic mass is 10.3. The van der Waals surface area contributed by atoms with Crippen molar-refractivity contribution in [3.63, 3.8) is 0 Å². The molecule has 4 nitrogen and oxygen atoms in total. The maximum atomic E-state index is 11.3. The second kappa shape index (κ2) is 5.01. The molecule has 88 valence electrons. The highest BCUT2D eigenvalue weighted by Crippen LogP contribution is 2.16. The number of aromatic nitrogens is 2. The predicted molar refractivity (Wildman–Crippen MR) is 67.7 cm³/mol. The number of halogens is 1. The molecule has 1 N–H and O–H groups in total. The predicted octanol–water partition coefficient (Wildman–Crippen LogP) is 2.36. The number of nitrogens with zero attached hydrogens (tertiary/aromatic N) is 2. The third-order valence-electron chi connectivity index (χ3n) is 2.22. The van der Waals surface area contributed by atoms with E-state index in [0.717, 1.165) is 11.4 Å². The van der Waals surface area contributed by atoms with Crippen molar-refractivity contribution in [1.82, 2.24) is 9.78 Å². The summed E-state index contributed by atoms with van der Waals surface area (Å²) in [6.07, 6.45) is 0. The first kappa shape index (κ1) is 11.7. The Morgan fingerprint density at radius 1 is 1.41 bits per heavy atom. The van der Waals surface area contributed by atoms with Gasteiger partial charge in [0.1, 0.15) is 11.7 Å². The molecule has 17 heavy (non-hydrogen) atoms. The second-order valence-corrected chi connectivity index (χ2v) is 3.87. The van der Waals surface area contributed by atoms with E-state index in [0.29, 0.717) is 5.82 Å². The van der Waals surface area contributed by atoms with E-state index >= 15 is 0 Å². The number of rotatable bonds is 3. The van der Waals surface area contributed by atoms with Crippen molar-refractivity contribution in [2.24, 2.45) is 0 Å². The van der Waals surface area contributed by atoms with Gasteiger partial charge in [0.25, 0.3) is 0 Å². The summed E-state index contributed by atoms with van der Waals surface area (Å²) in [4.78, 5) is 11.3. The minimum Gasteiger partial charge on any atom is -0.310 e. The molecule has 0 saturated heterocycles. The molecule has 2 rings (SSSR count). The van der Waals surface area contributed by atoms with Crippen molar-refractivity contribution in [2.75, 3.05) is 11.2 Å².